The number of rotatable bonds is 4. The molecule has 0 unspecified atom stereocenters. The van der Waals surface area contributed by atoms with E-state index >= 15 is 0 Å². The van der Waals surface area contributed by atoms with Gasteiger partial charge in [0.2, 0.25) is 0 Å². The highest BCUT2D eigenvalue weighted by atomic mass is 16.3. The number of imidazole rings is 1. The molecule has 3 heterocycles. The van der Waals surface area contributed by atoms with Gasteiger partial charge in [0.1, 0.15) is 17.0 Å². The summed E-state index contributed by atoms with van der Waals surface area (Å²) in [6.07, 6.45) is 0. The summed E-state index contributed by atoms with van der Waals surface area (Å²) in [6, 6.07) is 57.8. The van der Waals surface area contributed by atoms with Crippen molar-refractivity contribution >= 4 is 54.8 Å². The number of hydrogen-bond donors (Lipinski definition) is 0. The van der Waals surface area contributed by atoms with Crippen LogP contribution in [0.15, 0.2) is 168 Å². The number of aromatic nitrogens is 3. The molecule has 0 atom stereocenters. The fourth-order valence-electron chi connectivity index (χ4n) is 7.18. The SMILES string of the molecule is c1ccc(-c2nc3ccccc3n2-c2cccc(-c3ccc4oc5ccc(-n6c7ccccc7c7ccccc76)cc5c4c3)c2)cc1. The molecule has 0 N–H and O–H groups in total. The van der Waals surface area contributed by atoms with Gasteiger partial charge in [-0.2, -0.15) is 0 Å². The molecule has 10 rings (SSSR count). The quantitative estimate of drug-likeness (QED) is 0.201. The van der Waals surface area contributed by atoms with Crippen LogP contribution in [0.3, 0.4) is 0 Å². The lowest BCUT2D eigenvalue weighted by Crippen LogP contribution is -1.97. The average Bonchev–Trinajstić information content (AvgIpc) is 3.81. The van der Waals surface area contributed by atoms with Crippen molar-refractivity contribution in [1.29, 1.82) is 0 Å². The molecule has 0 aliphatic heterocycles. The van der Waals surface area contributed by atoms with Crippen LogP contribution in [0.4, 0.5) is 0 Å². The number of nitrogens with zero attached hydrogens (tertiary/aromatic N) is 3. The molecule has 4 heteroatoms. The molecule has 0 spiro atoms. The molecule has 0 saturated carbocycles. The van der Waals surface area contributed by atoms with E-state index in [1.807, 2.05) is 12.1 Å². The lowest BCUT2D eigenvalue weighted by molar-refractivity contribution is 0.669. The van der Waals surface area contributed by atoms with Crippen molar-refractivity contribution < 1.29 is 4.42 Å². The Hall–Kier alpha value is -6.39. The summed E-state index contributed by atoms with van der Waals surface area (Å²) in [5.41, 5.74) is 11.7. The molecule has 3 aromatic heterocycles. The summed E-state index contributed by atoms with van der Waals surface area (Å²) in [4.78, 5) is 5.05. The second-order valence-electron chi connectivity index (χ2n) is 12.0. The van der Waals surface area contributed by atoms with Crippen molar-refractivity contribution in [3.63, 3.8) is 0 Å². The summed E-state index contributed by atoms with van der Waals surface area (Å²) in [5.74, 6) is 0.929. The van der Waals surface area contributed by atoms with Crippen LogP contribution in [-0.2, 0) is 0 Å². The standard InChI is InChI=1S/C43H27N3O/c1-2-11-28(12-3-1)43-44-37-17-6-9-20-40(37)46(43)31-14-10-13-29(25-31)30-21-23-41-35(26-30)36-27-32(22-24-42(36)47-41)45-38-18-7-4-15-33(38)34-16-5-8-19-39(34)45/h1-27H. The Morgan fingerprint density at radius 3 is 1.77 bits per heavy atom. The van der Waals surface area contributed by atoms with Crippen LogP contribution in [0.25, 0.3) is 88.7 Å². The van der Waals surface area contributed by atoms with Gasteiger partial charge in [-0.05, 0) is 77.9 Å². The third-order valence-electron chi connectivity index (χ3n) is 9.32. The van der Waals surface area contributed by atoms with E-state index < -0.39 is 0 Å². The lowest BCUT2D eigenvalue weighted by Gasteiger charge is -2.12. The first-order valence-electron chi connectivity index (χ1n) is 15.9. The summed E-state index contributed by atoms with van der Waals surface area (Å²) < 4.78 is 11.0. The van der Waals surface area contributed by atoms with E-state index in [4.69, 9.17) is 9.40 Å². The number of hydrogen-bond acceptors (Lipinski definition) is 2. The van der Waals surface area contributed by atoms with E-state index in [9.17, 15) is 0 Å². The van der Waals surface area contributed by atoms with Gasteiger partial charge in [-0.3, -0.25) is 4.57 Å². The van der Waals surface area contributed by atoms with Crippen molar-refractivity contribution in [2.24, 2.45) is 0 Å². The van der Waals surface area contributed by atoms with E-state index in [0.29, 0.717) is 0 Å². The molecule has 0 bridgehead atoms. The number of benzene rings is 7. The maximum absolute atomic E-state index is 6.36. The molecular formula is C43H27N3O. The van der Waals surface area contributed by atoms with Crippen molar-refractivity contribution in [2.45, 2.75) is 0 Å². The zero-order valence-electron chi connectivity index (χ0n) is 25.3. The molecule has 0 fully saturated rings. The van der Waals surface area contributed by atoms with Gasteiger partial charge in [0.05, 0.1) is 22.1 Å². The van der Waals surface area contributed by atoms with Crippen LogP contribution in [0, 0.1) is 0 Å². The summed E-state index contributed by atoms with van der Waals surface area (Å²) in [7, 11) is 0. The first-order valence-corrected chi connectivity index (χ1v) is 15.9. The van der Waals surface area contributed by atoms with Gasteiger partial charge in [-0.25, -0.2) is 4.98 Å². The molecule has 4 nitrogen and oxygen atoms in total. The molecule has 10 aromatic rings. The number of furan rings is 1. The predicted octanol–water partition coefficient (Wildman–Crippen LogP) is 11.4. The number of para-hydroxylation sites is 4. The predicted molar refractivity (Wildman–Crippen MR) is 194 cm³/mol. The molecule has 0 aliphatic carbocycles. The van der Waals surface area contributed by atoms with E-state index in [0.717, 1.165) is 66.9 Å². The maximum atomic E-state index is 6.36. The van der Waals surface area contributed by atoms with Crippen LogP contribution in [-0.4, -0.2) is 14.1 Å². The van der Waals surface area contributed by atoms with Crippen LogP contribution >= 0.6 is 0 Å². The van der Waals surface area contributed by atoms with E-state index in [2.05, 4.69) is 161 Å². The topological polar surface area (TPSA) is 35.9 Å². The third-order valence-corrected chi connectivity index (χ3v) is 9.32. The zero-order chi connectivity index (χ0) is 30.9. The highest BCUT2D eigenvalue weighted by molar-refractivity contribution is 6.11. The van der Waals surface area contributed by atoms with Gasteiger partial charge < -0.3 is 8.98 Å². The van der Waals surface area contributed by atoms with Crippen molar-refractivity contribution in [1.82, 2.24) is 14.1 Å². The zero-order valence-corrected chi connectivity index (χ0v) is 25.3. The Morgan fingerprint density at radius 1 is 0.383 bits per heavy atom. The molecule has 0 radical (unpaired) electrons. The van der Waals surface area contributed by atoms with E-state index in [1.54, 1.807) is 0 Å². The molecular weight excluding hydrogens is 574 g/mol. The van der Waals surface area contributed by atoms with Crippen molar-refractivity contribution in [3.8, 4) is 33.9 Å². The molecule has 220 valence electrons. The molecule has 0 saturated heterocycles. The van der Waals surface area contributed by atoms with Crippen molar-refractivity contribution in [2.75, 3.05) is 0 Å². The summed E-state index contributed by atoms with van der Waals surface area (Å²) >= 11 is 0. The fourth-order valence-corrected chi connectivity index (χ4v) is 7.18. The minimum absolute atomic E-state index is 0.881. The second kappa shape index (κ2) is 10.1. The highest BCUT2D eigenvalue weighted by Crippen LogP contribution is 2.37. The first kappa shape index (κ1) is 25.9. The third kappa shape index (κ3) is 3.98. The van der Waals surface area contributed by atoms with Gasteiger partial charge in [-0.1, -0.05) is 97.1 Å². The molecule has 0 aliphatic rings. The molecule has 0 amide bonds. The largest absolute Gasteiger partial charge is 0.456 e. The van der Waals surface area contributed by atoms with Crippen LogP contribution < -0.4 is 0 Å². The Morgan fingerprint density at radius 2 is 0.979 bits per heavy atom. The van der Waals surface area contributed by atoms with Gasteiger partial charge >= 0.3 is 0 Å². The molecule has 7 aromatic carbocycles. The lowest BCUT2D eigenvalue weighted by atomic mass is 10.0. The van der Waals surface area contributed by atoms with Gasteiger partial charge in [0.15, 0.2) is 0 Å². The Labute approximate surface area is 270 Å². The normalized spacial score (nSPS) is 11.8. The van der Waals surface area contributed by atoms with Crippen molar-refractivity contribution in [3.05, 3.63) is 164 Å². The van der Waals surface area contributed by atoms with E-state index in [1.165, 1.54) is 21.8 Å². The van der Waals surface area contributed by atoms with Crippen LogP contribution in [0.5, 0.6) is 0 Å². The summed E-state index contributed by atoms with van der Waals surface area (Å²) in [6.45, 7) is 0. The summed E-state index contributed by atoms with van der Waals surface area (Å²) in [5, 5.41) is 4.71. The van der Waals surface area contributed by atoms with Crippen LogP contribution in [0.1, 0.15) is 0 Å². The average molecular weight is 602 g/mol. The van der Waals surface area contributed by atoms with E-state index in [-0.39, 0.29) is 0 Å². The monoisotopic (exact) mass is 601 g/mol. The fraction of sp³-hybridized carbons (Fsp3) is 0. The molecule has 47 heavy (non-hydrogen) atoms. The minimum Gasteiger partial charge on any atom is -0.456 e. The second-order valence-corrected chi connectivity index (χ2v) is 12.0. The minimum atomic E-state index is 0.881. The maximum Gasteiger partial charge on any atom is 0.145 e. The Kier molecular flexibility index (Phi) is 5.54. The van der Waals surface area contributed by atoms with Gasteiger partial charge in [0.25, 0.3) is 0 Å². The first-order chi connectivity index (χ1) is 23.3. The van der Waals surface area contributed by atoms with Crippen LogP contribution in [0.2, 0.25) is 0 Å². The smallest absolute Gasteiger partial charge is 0.145 e. The highest BCUT2D eigenvalue weighted by Gasteiger charge is 2.17. The number of fused-ring (bicyclic) bond motifs is 7. The Bertz CT molecular complexity index is 2750. The van der Waals surface area contributed by atoms with Gasteiger partial charge in [0, 0.05) is 38.5 Å². The van der Waals surface area contributed by atoms with Gasteiger partial charge in [-0.15, -0.1) is 0 Å². The Balaban J connectivity index is 1.13.